The molecule has 43 heavy (non-hydrogen) atoms. The molecule has 12 heteroatoms. The number of likely N-dealkylation sites (N-methyl/N-ethyl adjacent to an activating group) is 1. The number of carbonyl (C=O) groups excluding carboxylic acids is 2. The standard InChI is InChI=1S/C31H39N3O8S/c1-8-25(31(36)32-3)33(19-22-11-9-21(2)10-12-22)30(35)20-34(26-17-23(39-4)13-15-27(26)40-5)43(37,38)24-14-16-28(41-6)29(18-24)42-7/h9-18,25H,8,19-20H2,1-7H3,(H,32,36)/t25-/m1/s1. The van der Waals surface area contributed by atoms with Crippen molar-refractivity contribution in [3.05, 3.63) is 71.8 Å². The highest BCUT2D eigenvalue weighted by Crippen LogP contribution is 2.37. The molecule has 2 amide bonds. The van der Waals surface area contributed by atoms with Crippen molar-refractivity contribution in [1.82, 2.24) is 10.2 Å². The highest BCUT2D eigenvalue weighted by molar-refractivity contribution is 7.92. The summed E-state index contributed by atoms with van der Waals surface area (Å²) in [5, 5.41) is 2.62. The molecule has 0 saturated heterocycles. The third kappa shape index (κ3) is 7.50. The minimum Gasteiger partial charge on any atom is -0.497 e. The second kappa shape index (κ2) is 14.6. The fourth-order valence-corrected chi connectivity index (χ4v) is 6.02. The maximum Gasteiger partial charge on any atom is 0.265 e. The van der Waals surface area contributed by atoms with E-state index in [2.05, 4.69) is 5.32 Å². The Bertz CT molecular complexity index is 1530. The Hall–Kier alpha value is -4.45. The van der Waals surface area contributed by atoms with Gasteiger partial charge in [-0.05, 0) is 43.2 Å². The van der Waals surface area contributed by atoms with Crippen LogP contribution in [-0.2, 0) is 26.2 Å². The van der Waals surface area contributed by atoms with Crippen LogP contribution in [-0.4, -0.2) is 73.2 Å². The number of benzene rings is 3. The first-order valence-corrected chi connectivity index (χ1v) is 15.0. The van der Waals surface area contributed by atoms with Gasteiger partial charge in [-0.2, -0.15) is 0 Å². The summed E-state index contributed by atoms with van der Waals surface area (Å²) in [6.07, 6.45) is 0.308. The quantitative estimate of drug-likeness (QED) is 0.292. The van der Waals surface area contributed by atoms with Crippen LogP contribution in [0.4, 0.5) is 5.69 Å². The molecule has 3 aromatic rings. The number of sulfonamides is 1. The summed E-state index contributed by atoms with van der Waals surface area (Å²) < 4.78 is 51.1. The van der Waals surface area contributed by atoms with Crippen LogP contribution in [0.25, 0.3) is 0 Å². The second-order valence-electron chi connectivity index (χ2n) is 9.61. The van der Waals surface area contributed by atoms with Crippen LogP contribution < -0.4 is 28.6 Å². The molecule has 0 unspecified atom stereocenters. The topological polar surface area (TPSA) is 124 Å². The first kappa shape index (κ1) is 33.1. The number of ether oxygens (including phenoxy) is 4. The van der Waals surface area contributed by atoms with Gasteiger partial charge in [0.1, 0.15) is 24.1 Å². The van der Waals surface area contributed by atoms with E-state index < -0.39 is 28.5 Å². The van der Waals surface area contributed by atoms with Crippen LogP contribution in [0.15, 0.2) is 65.6 Å². The zero-order valence-corrected chi connectivity index (χ0v) is 26.4. The van der Waals surface area contributed by atoms with Crippen molar-refractivity contribution in [3.8, 4) is 23.0 Å². The monoisotopic (exact) mass is 613 g/mol. The van der Waals surface area contributed by atoms with E-state index in [1.807, 2.05) is 31.2 Å². The van der Waals surface area contributed by atoms with Gasteiger partial charge in [-0.25, -0.2) is 8.42 Å². The number of rotatable bonds is 14. The van der Waals surface area contributed by atoms with Gasteiger partial charge in [-0.15, -0.1) is 0 Å². The van der Waals surface area contributed by atoms with Crippen LogP contribution in [0.2, 0.25) is 0 Å². The molecule has 0 aliphatic heterocycles. The fourth-order valence-electron chi connectivity index (χ4n) is 4.59. The summed E-state index contributed by atoms with van der Waals surface area (Å²) in [7, 11) is 2.76. The highest BCUT2D eigenvalue weighted by Gasteiger charge is 2.35. The molecule has 0 bridgehead atoms. The first-order chi connectivity index (χ1) is 20.5. The van der Waals surface area contributed by atoms with Gasteiger partial charge in [-0.1, -0.05) is 36.8 Å². The van der Waals surface area contributed by atoms with Gasteiger partial charge >= 0.3 is 0 Å². The molecular formula is C31H39N3O8S. The summed E-state index contributed by atoms with van der Waals surface area (Å²) in [6, 6.07) is 15.5. The van der Waals surface area contributed by atoms with Gasteiger partial charge < -0.3 is 29.2 Å². The van der Waals surface area contributed by atoms with Crippen molar-refractivity contribution >= 4 is 27.5 Å². The molecule has 0 radical (unpaired) electrons. The first-order valence-electron chi connectivity index (χ1n) is 13.6. The summed E-state index contributed by atoms with van der Waals surface area (Å²) in [5.41, 5.74) is 1.90. The average molecular weight is 614 g/mol. The van der Waals surface area contributed by atoms with E-state index in [1.165, 1.54) is 64.7 Å². The third-order valence-corrected chi connectivity index (χ3v) is 8.74. The number of nitrogens with one attached hydrogen (secondary N) is 1. The van der Waals surface area contributed by atoms with Gasteiger partial charge in [0.25, 0.3) is 10.0 Å². The lowest BCUT2D eigenvalue weighted by molar-refractivity contribution is -0.140. The maximum absolute atomic E-state index is 14.3. The molecule has 0 fully saturated rings. The third-order valence-electron chi connectivity index (χ3n) is 6.98. The average Bonchev–Trinajstić information content (AvgIpc) is 3.03. The molecule has 0 heterocycles. The van der Waals surface area contributed by atoms with Crippen molar-refractivity contribution in [3.63, 3.8) is 0 Å². The predicted octanol–water partition coefficient (Wildman–Crippen LogP) is 3.78. The Morgan fingerprint density at radius 1 is 0.837 bits per heavy atom. The molecule has 232 valence electrons. The van der Waals surface area contributed by atoms with Gasteiger partial charge in [0, 0.05) is 25.7 Å². The van der Waals surface area contributed by atoms with Crippen LogP contribution in [0.5, 0.6) is 23.0 Å². The molecule has 0 aromatic heterocycles. The molecule has 1 N–H and O–H groups in total. The number of hydrogen-bond donors (Lipinski definition) is 1. The molecule has 0 saturated carbocycles. The van der Waals surface area contributed by atoms with Gasteiger partial charge in [-0.3, -0.25) is 13.9 Å². The van der Waals surface area contributed by atoms with E-state index in [0.29, 0.717) is 17.9 Å². The van der Waals surface area contributed by atoms with E-state index >= 15 is 0 Å². The smallest absolute Gasteiger partial charge is 0.265 e. The zero-order chi connectivity index (χ0) is 31.7. The predicted molar refractivity (Wildman–Crippen MR) is 163 cm³/mol. The normalized spacial score (nSPS) is 11.7. The Morgan fingerprint density at radius 3 is 2.02 bits per heavy atom. The van der Waals surface area contributed by atoms with E-state index in [0.717, 1.165) is 15.4 Å². The number of anilines is 1. The Morgan fingerprint density at radius 2 is 1.47 bits per heavy atom. The molecule has 11 nitrogen and oxygen atoms in total. The molecule has 1 atom stereocenters. The van der Waals surface area contributed by atoms with Crippen molar-refractivity contribution in [2.24, 2.45) is 0 Å². The molecule has 3 aromatic carbocycles. The number of nitrogens with zero attached hydrogens (tertiary/aromatic N) is 2. The number of aryl methyl sites for hydroxylation is 1. The number of methoxy groups -OCH3 is 4. The van der Waals surface area contributed by atoms with E-state index in [9.17, 15) is 18.0 Å². The van der Waals surface area contributed by atoms with Crippen LogP contribution in [0, 0.1) is 6.92 Å². The van der Waals surface area contributed by atoms with Gasteiger partial charge in [0.2, 0.25) is 11.8 Å². The largest absolute Gasteiger partial charge is 0.497 e. The van der Waals surface area contributed by atoms with Crippen molar-refractivity contribution in [2.45, 2.75) is 37.8 Å². The highest BCUT2D eigenvalue weighted by atomic mass is 32.2. The molecular weight excluding hydrogens is 574 g/mol. The lowest BCUT2D eigenvalue weighted by Gasteiger charge is -2.33. The maximum atomic E-state index is 14.3. The van der Waals surface area contributed by atoms with Crippen molar-refractivity contribution in [1.29, 1.82) is 0 Å². The summed E-state index contributed by atoms with van der Waals surface area (Å²) >= 11 is 0. The second-order valence-corrected chi connectivity index (χ2v) is 11.5. The van der Waals surface area contributed by atoms with Crippen LogP contribution in [0.3, 0.4) is 0 Å². The van der Waals surface area contributed by atoms with Gasteiger partial charge in [0.05, 0.1) is 39.0 Å². The van der Waals surface area contributed by atoms with E-state index in [-0.39, 0.29) is 34.5 Å². The number of carbonyl (C=O) groups is 2. The molecule has 3 rings (SSSR count). The summed E-state index contributed by atoms with van der Waals surface area (Å²) in [4.78, 5) is 28.4. The lowest BCUT2D eigenvalue weighted by Crippen LogP contribution is -2.51. The Balaban J connectivity index is 2.19. The zero-order valence-electron chi connectivity index (χ0n) is 25.5. The van der Waals surface area contributed by atoms with Crippen LogP contribution >= 0.6 is 0 Å². The minimum absolute atomic E-state index is 0.0771. The van der Waals surface area contributed by atoms with Crippen molar-refractivity contribution < 1.29 is 37.0 Å². The number of amides is 2. The van der Waals surface area contributed by atoms with E-state index in [1.54, 1.807) is 19.1 Å². The molecule has 0 aliphatic rings. The van der Waals surface area contributed by atoms with E-state index in [4.69, 9.17) is 18.9 Å². The van der Waals surface area contributed by atoms with Crippen molar-refractivity contribution in [2.75, 3.05) is 46.3 Å². The SMILES string of the molecule is CC[C@H](C(=O)NC)N(Cc1ccc(C)cc1)C(=O)CN(c1cc(OC)ccc1OC)S(=O)(=O)c1ccc(OC)c(OC)c1. The number of hydrogen-bond acceptors (Lipinski definition) is 8. The molecule has 0 aliphatic carbocycles. The Kier molecular flexibility index (Phi) is 11.2. The van der Waals surface area contributed by atoms with Crippen LogP contribution in [0.1, 0.15) is 24.5 Å². The summed E-state index contributed by atoms with van der Waals surface area (Å²) in [6.45, 7) is 3.19. The minimum atomic E-state index is -4.42. The lowest BCUT2D eigenvalue weighted by atomic mass is 10.1. The van der Waals surface area contributed by atoms with Gasteiger partial charge in [0.15, 0.2) is 11.5 Å². The summed E-state index contributed by atoms with van der Waals surface area (Å²) in [5.74, 6) is 0.120. The fraction of sp³-hybridized carbons (Fsp3) is 0.355. The Labute approximate surface area is 253 Å². The molecule has 0 spiro atoms.